The molecule has 1 aliphatic heterocycles. The lowest BCUT2D eigenvalue weighted by molar-refractivity contribution is -0.0449. The van der Waals surface area contributed by atoms with Gasteiger partial charge < -0.3 is 14.4 Å². The second-order valence-corrected chi connectivity index (χ2v) is 7.02. The molecular formula is C19H29N3O2. The quantitative estimate of drug-likeness (QED) is 0.884. The van der Waals surface area contributed by atoms with Gasteiger partial charge in [0, 0.05) is 19.6 Å². The van der Waals surface area contributed by atoms with Gasteiger partial charge in [0.1, 0.15) is 0 Å². The molecule has 1 N–H and O–H groups in total. The number of aliphatic hydroxyl groups excluding tert-OH is 1. The maximum atomic E-state index is 10.5. The number of hydrogen-bond donors (Lipinski definition) is 1. The fraction of sp³-hybridized carbons (Fsp3) is 0.632. The van der Waals surface area contributed by atoms with E-state index in [1.807, 2.05) is 6.33 Å². The van der Waals surface area contributed by atoms with Gasteiger partial charge in [-0.15, -0.1) is 0 Å². The van der Waals surface area contributed by atoms with E-state index in [4.69, 9.17) is 4.74 Å². The molecule has 5 heteroatoms. The topological polar surface area (TPSA) is 50.5 Å². The molecule has 2 heterocycles. The molecule has 2 atom stereocenters. The Labute approximate surface area is 144 Å². The number of hydrogen-bond acceptors (Lipinski definition) is 4. The average Bonchev–Trinajstić information content (AvgIpc) is 2.90. The van der Waals surface area contributed by atoms with Gasteiger partial charge in [-0.3, -0.25) is 4.90 Å². The van der Waals surface area contributed by atoms with Crippen LogP contribution in [0, 0.1) is 13.8 Å². The maximum Gasteiger partial charge on any atom is 0.0959 e. The number of morpholine rings is 1. The Morgan fingerprint density at radius 3 is 2.88 bits per heavy atom. The smallest absolute Gasteiger partial charge is 0.0959 e. The summed E-state index contributed by atoms with van der Waals surface area (Å²) < 4.78 is 7.85. The van der Waals surface area contributed by atoms with Crippen LogP contribution in [-0.4, -0.2) is 58.0 Å². The molecule has 3 rings (SSSR count). The zero-order valence-corrected chi connectivity index (χ0v) is 15.0. The van der Waals surface area contributed by atoms with Crippen LogP contribution in [-0.2, 0) is 11.3 Å². The number of nitrogens with zero attached hydrogens (tertiary/aromatic N) is 3. The molecule has 0 spiro atoms. The highest BCUT2D eigenvalue weighted by Gasteiger charge is 2.22. The zero-order chi connectivity index (χ0) is 17.1. The van der Waals surface area contributed by atoms with Gasteiger partial charge in [-0.25, -0.2) is 4.98 Å². The van der Waals surface area contributed by atoms with E-state index in [-0.39, 0.29) is 0 Å². The number of ether oxygens (including phenoxy) is 1. The van der Waals surface area contributed by atoms with E-state index in [1.54, 1.807) is 0 Å². The van der Waals surface area contributed by atoms with Gasteiger partial charge in [0.2, 0.25) is 0 Å². The first-order valence-corrected chi connectivity index (χ1v) is 9.01. The molecule has 24 heavy (non-hydrogen) atoms. The second kappa shape index (κ2) is 7.64. The van der Waals surface area contributed by atoms with Gasteiger partial charge in [0.05, 0.1) is 42.7 Å². The van der Waals surface area contributed by atoms with Crippen molar-refractivity contribution in [1.82, 2.24) is 14.5 Å². The molecule has 0 bridgehead atoms. The van der Waals surface area contributed by atoms with Crippen molar-refractivity contribution in [2.45, 2.75) is 52.4 Å². The summed E-state index contributed by atoms with van der Waals surface area (Å²) in [6.07, 6.45) is 3.99. The summed E-state index contributed by atoms with van der Waals surface area (Å²) in [6, 6.07) is 4.28. The van der Waals surface area contributed by atoms with Crippen LogP contribution in [0.5, 0.6) is 0 Å². The van der Waals surface area contributed by atoms with Crippen molar-refractivity contribution in [3.8, 4) is 0 Å². The first kappa shape index (κ1) is 17.4. The minimum Gasteiger partial charge on any atom is -0.390 e. The minimum atomic E-state index is -0.399. The first-order chi connectivity index (χ1) is 11.6. The summed E-state index contributed by atoms with van der Waals surface area (Å²) in [6.45, 7) is 10.3. The van der Waals surface area contributed by atoms with E-state index < -0.39 is 6.10 Å². The average molecular weight is 331 g/mol. The van der Waals surface area contributed by atoms with Gasteiger partial charge in [0.15, 0.2) is 0 Å². The van der Waals surface area contributed by atoms with E-state index in [9.17, 15) is 5.11 Å². The third-order valence-corrected chi connectivity index (χ3v) is 4.95. The third kappa shape index (κ3) is 3.97. The van der Waals surface area contributed by atoms with Gasteiger partial charge in [-0.2, -0.15) is 0 Å². The summed E-state index contributed by atoms with van der Waals surface area (Å²) >= 11 is 0. The number of aliphatic hydroxyl groups is 1. The van der Waals surface area contributed by atoms with Crippen LogP contribution < -0.4 is 0 Å². The van der Waals surface area contributed by atoms with Crippen LogP contribution in [0.4, 0.5) is 0 Å². The number of rotatable bonds is 6. The molecular weight excluding hydrogens is 302 g/mol. The van der Waals surface area contributed by atoms with Crippen molar-refractivity contribution in [3.63, 3.8) is 0 Å². The number of aryl methyl sites for hydroxylation is 2. The lowest BCUT2D eigenvalue weighted by Crippen LogP contribution is -2.46. The number of β-amino-alcohol motifs (C(OH)–C–C–N with tert-alkyl or cyclic N) is 1. The molecule has 132 valence electrons. The number of fused-ring (bicyclic) bond motifs is 1. The SMILES string of the molecule is CCCC1CN(CC(O)Cn2cnc3cc(C)c(C)cc32)CCO1. The van der Waals surface area contributed by atoms with Gasteiger partial charge >= 0.3 is 0 Å². The van der Waals surface area contributed by atoms with Gasteiger partial charge in [-0.05, 0) is 43.5 Å². The molecule has 0 amide bonds. The van der Waals surface area contributed by atoms with Gasteiger partial charge in [-0.1, -0.05) is 13.3 Å². The van der Waals surface area contributed by atoms with Crippen LogP contribution in [0.25, 0.3) is 11.0 Å². The second-order valence-electron chi connectivity index (χ2n) is 7.02. The third-order valence-electron chi connectivity index (χ3n) is 4.95. The summed E-state index contributed by atoms with van der Waals surface area (Å²) in [4.78, 5) is 6.80. The number of benzene rings is 1. The first-order valence-electron chi connectivity index (χ1n) is 9.01. The molecule has 1 aliphatic rings. The zero-order valence-electron chi connectivity index (χ0n) is 15.0. The van der Waals surface area contributed by atoms with Crippen molar-refractivity contribution in [2.75, 3.05) is 26.2 Å². The van der Waals surface area contributed by atoms with E-state index >= 15 is 0 Å². The lowest BCUT2D eigenvalue weighted by Gasteiger charge is -2.34. The highest BCUT2D eigenvalue weighted by Crippen LogP contribution is 2.19. The Morgan fingerprint density at radius 1 is 1.29 bits per heavy atom. The van der Waals surface area contributed by atoms with Crippen molar-refractivity contribution >= 4 is 11.0 Å². The largest absolute Gasteiger partial charge is 0.390 e. The maximum absolute atomic E-state index is 10.5. The summed E-state index contributed by atoms with van der Waals surface area (Å²) in [7, 11) is 0. The molecule has 0 saturated carbocycles. The van der Waals surface area contributed by atoms with Crippen LogP contribution in [0.2, 0.25) is 0 Å². The highest BCUT2D eigenvalue weighted by atomic mass is 16.5. The van der Waals surface area contributed by atoms with E-state index in [1.165, 1.54) is 11.1 Å². The molecule has 1 saturated heterocycles. The standard InChI is InChI=1S/C19H29N3O2/c1-4-5-17-12-21(6-7-24-17)10-16(23)11-22-13-20-18-8-14(2)15(3)9-19(18)22/h8-9,13,16-17,23H,4-7,10-12H2,1-3H3. The van der Waals surface area contributed by atoms with Crippen molar-refractivity contribution in [2.24, 2.45) is 0 Å². The summed E-state index contributed by atoms with van der Waals surface area (Å²) in [5.41, 5.74) is 4.61. The molecule has 1 fully saturated rings. The molecule has 2 aromatic rings. The highest BCUT2D eigenvalue weighted by molar-refractivity contribution is 5.77. The fourth-order valence-electron chi connectivity index (χ4n) is 3.48. The van der Waals surface area contributed by atoms with E-state index in [0.29, 0.717) is 19.2 Å². The van der Waals surface area contributed by atoms with Crippen LogP contribution in [0.15, 0.2) is 18.5 Å². The Balaban J connectivity index is 1.62. The van der Waals surface area contributed by atoms with Crippen LogP contribution >= 0.6 is 0 Å². The summed E-state index contributed by atoms with van der Waals surface area (Å²) in [5.74, 6) is 0. The van der Waals surface area contributed by atoms with Crippen molar-refractivity contribution in [1.29, 1.82) is 0 Å². The van der Waals surface area contributed by atoms with E-state index in [0.717, 1.165) is 43.6 Å². The Kier molecular flexibility index (Phi) is 5.54. The molecule has 0 radical (unpaired) electrons. The van der Waals surface area contributed by atoms with Crippen LogP contribution in [0.3, 0.4) is 0 Å². The van der Waals surface area contributed by atoms with Crippen molar-refractivity contribution < 1.29 is 9.84 Å². The molecule has 5 nitrogen and oxygen atoms in total. The monoisotopic (exact) mass is 331 g/mol. The fourth-order valence-corrected chi connectivity index (χ4v) is 3.48. The molecule has 2 unspecified atom stereocenters. The molecule has 1 aromatic carbocycles. The number of aromatic nitrogens is 2. The van der Waals surface area contributed by atoms with Crippen LogP contribution in [0.1, 0.15) is 30.9 Å². The predicted octanol–water partition coefficient (Wildman–Crippen LogP) is 2.51. The summed E-state index contributed by atoms with van der Waals surface area (Å²) in [5, 5.41) is 10.5. The predicted molar refractivity (Wildman–Crippen MR) is 96.3 cm³/mol. The Bertz CT molecular complexity index is 681. The lowest BCUT2D eigenvalue weighted by atomic mass is 10.1. The molecule has 1 aromatic heterocycles. The Morgan fingerprint density at radius 2 is 2.08 bits per heavy atom. The Hall–Kier alpha value is -1.43. The van der Waals surface area contributed by atoms with Gasteiger partial charge in [0.25, 0.3) is 0 Å². The van der Waals surface area contributed by atoms with Crippen molar-refractivity contribution in [3.05, 3.63) is 29.6 Å². The minimum absolute atomic E-state index is 0.315. The normalized spacial score (nSPS) is 20.6. The number of imidazole rings is 1. The van der Waals surface area contributed by atoms with E-state index in [2.05, 4.69) is 47.4 Å². The molecule has 0 aliphatic carbocycles.